The fourth-order valence-electron chi connectivity index (χ4n) is 3.47. The summed E-state index contributed by atoms with van der Waals surface area (Å²) >= 11 is 0. The first-order chi connectivity index (χ1) is 16.6. The summed E-state index contributed by atoms with van der Waals surface area (Å²) in [5.41, 5.74) is 1.64. The van der Waals surface area contributed by atoms with E-state index in [0.717, 1.165) is 9.87 Å². The van der Waals surface area contributed by atoms with Gasteiger partial charge in [0, 0.05) is 26.2 Å². The minimum atomic E-state index is -3.55. The Morgan fingerprint density at radius 1 is 1.06 bits per heavy atom. The summed E-state index contributed by atoms with van der Waals surface area (Å²) in [5.74, 6) is 1.71. The molecule has 0 aliphatic heterocycles. The highest BCUT2D eigenvalue weighted by Crippen LogP contribution is 2.32. The lowest BCUT2D eigenvalue weighted by Gasteiger charge is -2.25. The average molecular weight is 500 g/mol. The third-order valence-corrected chi connectivity index (χ3v) is 7.31. The molecule has 0 radical (unpaired) electrons. The molecule has 1 atom stereocenters. The van der Waals surface area contributed by atoms with E-state index in [2.05, 4.69) is 10.3 Å². The van der Waals surface area contributed by atoms with Crippen molar-refractivity contribution in [2.45, 2.75) is 10.9 Å². The van der Waals surface area contributed by atoms with Crippen LogP contribution in [0.25, 0.3) is 11.5 Å². The Morgan fingerprint density at radius 2 is 1.71 bits per heavy atom. The number of benzene rings is 2. The largest absolute Gasteiger partial charge is 0.493 e. The molecule has 1 unspecified atom stereocenters. The number of anilines is 1. The van der Waals surface area contributed by atoms with Gasteiger partial charge < -0.3 is 24.1 Å². The number of methoxy groups -OCH3 is 2. The molecule has 1 aromatic heterocycles. The zero-order valence-electron chi connectivity index (χ0n) is 20.6. The molecule has 186 valence electrons. The Balaban J connectivity index is 1.84. The minimum Gasteiger partial charge on any atom is -0.493 e. The van der Waals surface area contributed by atoms with Crippen molar-refractivity contribution < 1.29 is 22.3 Å². The van der Waals surface area contributed by atoms with Crippen LogP contribution in [0.2, 0.25) is 0 Å². The molecule has 3 aromatic rings. The number of nitriles is 1. The lowest BCUT2D eigenvalue weighted by atomic mass is 10.1. The van der Waals surface area contributed by atoms with Crippen molar-refractivity contribution in [3.63, 3.8) is 0 Å². The fraction of sp³-hybridized carbons (Fsp3) is 0.333. The standard InChI is InChI=1S/C24H29N5O5S/c1-28(2)20(17-9-12-21(32-5)22(13-17)33-6)15-26-24-19(14-25)27-23(34-24)16-7-10-18(11-8-16)35(30,31)29(3)4/h7-13,20,26H,15H2,1-6H3. The van der Waals surface area contributed by atoms with Crippen LogP contribution >= 0.6 is 0 Å². The molecule has 35 heavy (non-hydrogen) atoms. The molecular formula is C24H29N5O5S. The van der Waals surface area contributed by atoms with E-state index >= 15 is 0 Å². The number of rotatable bonds is 10. The molecule has 0 aliphatic carbocycles. The van der Waals surface area contributed by atoms with Gasteiger partial charge in [-0.15, -0.1) is 0 Å². The Labute approximate surface area is 205 Å². The van der Waals surface area contributed by atoms with Crippen LogP contribution in [0.4, 0.5) is 5.88 Å². The highest BCUT2D eigenvalue weighted by Gasteiger charge is 2.21. The van der Waals surface area contributed by atoms with Crippen LogP contribution < -0.4 is 14.8 Å². The second kappa shape index (κ2) is 10.8. The molecule has 0 saturated carbocycles. The molecular weight excluding hydrogens is 470 g/mol. The van der Waals surface area contributed by atoms with Gasteiger partial charge >= 0.3 is 0 Å². The van der Waals surface area contributed by atoms with Crippen molar-refractivity contribution in [2.75, 3.05) is 54.3 Å². The van der Waals surface area contributed by atoms with E-state index in [1.54, 1.807) is 26.4 Å². The summed E-state index contributed by atoms with van der Waals surface area (Å²) in [6.07, 6.45) is 0. The number of ether oxygens (including phenoxy) is 2. The van der Waals surface area contributed by atoms with E-state index in [9.17, 15) is 13.7 Å². The summed E-state index contributed by atoms with van der Waals surface area (Å²) < 4.78 is 42.3. The molecule has 2 aromatic carbocycles. The number of sulfonamides is 1. The first kappa shape index (κ1) is 26.0. The topological polar surface area (TPSA) is 121 Å². The monoisotopic (exact) mass is 499 g/mol. The van der Waals surface area contributed by atoms with Gasteiger partial charge in [0.1, 0.15) is 6.07 Å². The van der Waals surface area contributed by atoms with Gasteiger partial charge in [-0.2, -0.15) is 10.2 Å². The minimum absolute atomic E-state index is 0.0783. The highest BCUT2D eigenvalue weighted by atomic mass is 32.2. The van der Waals surface area contributed by atoms with Crippen molar-refractivity contribution in [2.24, 2.45) is 0 Å². The number of aromatic nitrogens is 1. The SMILES string of the molecule is COc1ccc(C(CNc2oc(-c3ccc(S(=O)(=O)N(C)C)cc3)nc2C#N)N(C)C)cc1OC. The number of hydrogen-bond donors (Lipinski definition) is 1. The van der Waals surface area contributed by atoms with E-state index in [-0.39, 0.29) is 28.4 Å². The van der Waals surface area contributed by atoms with E-state index in [4.69, 9.17) is 13.9 Å². The number of likely N-dealkylation sites (N-methyl/N-ethyl adjacent to an activating group) is 1. The highest BCUT2D eigenvalue weighted by molar-refractivity contribution is 7.89. The zero-order chi connectivity index (χ0) is 25.8. The summed E-state index contributed by atoms with van der Waals surface area (Å²) in [5, 5.41) is 12.8. The zero-order valence-corrected chi connectivity index (χ0v) is 21.4. The Bertz CT molecular complexity index is 1310. The van der Waals surface area contributed by atoms with Gasteiger partial charge in [0.15, 0.2) is 11.5 Å². The van der Waals surface area contributed by atoms with Crippen LogP contribution in [-0.2, 0) is 10.0 Å². The molecule has 0 spiro atoms. The summed E-state index contributed by atoms with van der Waals surface area (Å²) in [6.45, 7) is 0.422. The maximum absolute atomic E-state index is 12.3. The molecule has 0 aliphatic rings. The summed E-state index contributed by atoms with van der Waals surface area (Å²) in [6, 6.07) is 13.8. The van der Waals surface area contributed by atoms with E-state index in [0.29, 0.717) is 23.6 Å². The predicted octanol–water partition coefficient (Wildman–Crippen LogP) is 3.20. The van der Waals surface area contributed by atoms with Crippen LogP contribution in [0.15, 0.2) is 51.8 Å². The Kier molecular flexibility index (Phi) is 8.01. The van der Waals surface area contributed by atoms with Crippen LogP contribution in [0.3, 0.4) is 0 Å². The number of nitrogens with one attached hydrogen (secondary N) is 1. The molecule has 0 saturated heterocycles. The maximum Gasteiger partial charge on any atom is 0.242 e. The van der Waals surface area contributed by atoms with Gasteiger partial charge in [0.2, 0.25) is 27.5 Å². The first-order valence-corrected chi connectivity index (χ1v) is 12.1. The van der Waals surface area contributed by atoms with E-state index < -0.39 is 10.0 Å². The van der Waals surface area contributed by atoms with E-state index in [1.165, 1.54) is 26.2 Å². The maximum atomic E-state index is 12.3. The van der Waals surface area contributed by atoms with Gasteiger partial charge in [-0.1, -0.05) is 6.07 Å². The molecule has 0 bridgehead atoms. The summed E-state index contributed by atoms with van der Waals surface area (Å²) in [7, 11) is 6.46. The second-order valence-corrected chi connectivity index (χ2v) is 10.2. The number of hydrogen-bond acceptors (Lipinski definition) is 9. The first-order valence-electron chi connectivity index (χ1n) is 10.7. The number of nitrogens with zero attached hydrogens (tertiary/aromatic N) is 4. The quantitative estimate of drug-likeness (QED) is 0.448. The van der Waals surface area contributed by atoms with Gasteiger partial charge in [-0.05, 0) is 56.1 Å². The van der Waals surface area contributed by atoms with Gasteiger partial charge in [0.05, 0.1) is 25.2 Å². The third kappa shape index (κ3) is 5.57. The molecule has 1 N–H and O–H groups in total. The van der Waals surface area contributed by atoms with Crippen molar-refractivity contribution in [1.29, 1.82) is 5.26 Å². The second-order valence-electron chi connectivity index (χ2n) is 8.10. The van der Waals surface area contributed by atoms with Crippen molar-refractivity contribution in [3.8, 4) is 29.0 Å². The van der Waals surface area contributed by atoms with Crippen molar-refractivity contribution >= 4 is 15.9 Å². The molecule has 1 heterocycles. The smallest absolute Gasteiger partial charge is 0.242 e. The lowest BCUT2D eigenvalue weighted by Crippen LogP contribution is -2.27. The molecule has 0 fully saturated rings. The Morgan fingerprint density at radius 3 is 2.26 bits per heavy atom. The van der Waals surface area contributed by atoms with Gasteiger partial charge in [0.25, 0.3) is 0 Å². The molecule has 11 heteroatoms. The van der Waals surface area contributed by atoms with Crippen LogP contribution in [0.1, 0.15) is 17.3 Å². The lowest BCUT2D eigenvalue weighted by molar-refractivity contribution is 0.307. The normalized spacial score (nSPS) is 12.4. The van der Waals surface area contributed by atoms with Crippen LogP contribution in [-0.4, -0.2) is 71.6 Å². The number of oxazole rings is 1. The molecule has 3 rings (SSSR count). The van der Waals surface area contributed by atoms with Crippen molar-refractivity contribution in [3.05, 3.63) is 53.7 Å². The molecule has 10 nitrogen and oxygen atoms in total. The van der Waals surface area contributed by atoms with Gasteiger partial charge in [-0.25, -0.2) is 12.7 Å². The molecule has 0 amide bonds. The van der Waals surface area contributed by atoms with E-state index in [1.807, 2.05) is 43.3 Å². The van der Waals surface area contributed by atoms with Gasteiger partial charge in [-0.3, -0.25) is 0 Å². The van der Waals surface area contributed by atoms with Crippen LogP contribution in [0, 0.1) is 11.3 Å². The third-order valence-electron chi connectivity index (χ3n) is 5.48. The fourth-order valence-corrected chi connectivity index (χ4v) is 4.37. The summed E-state index contributed by atoms with van der Waals surface area (Å²) in [4.78, 5) is 6.45. The van der Waals surface area contributed by atoms with Crippen LogP contribution in [0.5, 0.6) is 11.5 Å². The predicted molar refractivity (Wildman–Crippen MR) is 132 cm³/mol. The van der Waals surface area contributed by atoms with Crippen molar-refractivity contribution in [1.82, 2.24) is 14.2 Å². The average Bonchev–Trinajstić information content (AvgIpc) is 3.27. The Hall–Kier alpha value is -3.59.